The van der Waals surface area contributed by atoms with E-state index in [0.717, 1.165) is 5.57 Å². The zero-order valence-electron chi connectivity index (χ0n) is 8.14. The quantitative estimate of drug-likeness (QED) is 0.770. The highest BCUT2D eigenvalue weighted by Gasteiger charge is 2.05. The first-order valence-corrected chi connectivity index (χ1v) is 5.30. The van der Waals surface area contributed by atoms with E-state index in [1.54, 1.807) is 0 Å². The van der Waals surface area contributed by atoms with Crippen molar-refractivity contribution in [3.8, 4) is 0 Å². The van der Waals surface area contributed by atoms with Crippen molar-refractivity contribution in [3.05, 3.63) is 58.9 Å². The molecular formula is C11H7Cl2N3. The number of rotatable bonds is 1. The number of halogens is 2. The van der Waals surface area contributed by atoms with Crippen LogP contribution in [0, 0.1) is 0 Å². The van der Waals surface area contributed by atoms with Crippen molar-refractivity contribution < 1.29 is 0 Å². The van der Waals surface area contributed by atoms with Crippen LogP contribution in [0.25, 0.3) is 5.57 Å². The van der Waals surface area contributed by atoms with Crippen LogP contribution < -0.4 is 0 Å². The highest BCUT2D eigenvalue weighted by Crippen LogP contribution is 2.16. The number of hydrogen-bond donors (Lipinski definition) is 0. The van der Waals surface area contributed by atoms with E-state index in [2.05, 4.69) is 15.0 Å². The molecule has 2 rings (SSSR count). The summed E-state index contributed by atoms with van der Waals surface area (Å²) in [5, 5.41) is 0.178. The molecule has 16 heavy (non-hydrogen) atoms. The number of nitrogens with zero attached hydrogens (tertiary/aromatic N) is 3. The van der Waals surface area contributed by atoms with E-state index in [4.69, 9.17) is 23.2 Å². The van der Waals surface area contributed by atoms with Gasteiger partial charge in [0.15, 0.2) is 5.82 Å². The average molecular weight is 252 g/mol. The highest BCUT2D eigenvalue weighted by molar-refractivity contribution is 6.31. The van der Waals surface area contributed by atoms with Crippen LogP contribution in [-0.2, 0) is 0 Å². The third-order valence-electron chi connectivity index (χ3n) is 1.84. The minimum Gasteiger partial charge on any atom is -0.198 e. The van der Waals surface area contributed by atoms with Crippen LogP contribution in [0.1, 0.15) is 5.82 Å². The molecule has 0 bridgehead atoms. The molecule has 0 aliphatic heterocycles. The van der Waals surface area contributed by atoms with Gasteiger partial charge < -0.3 is 0 Å². The first-order valence-electron chi connectivity index (χ1n) is 4.55. The molecule has 0 N–H and O–H groups in total. The van der Waals surface area contributed by atoms with Crippen molar-refractivity contribution in [2.45, 2.75) is 0 Å². The summed E-state index contributed by atoms with van der Waals surface area (Å²) in [5.41, 5.74) is 0.826. The van der Waals surface area contributed by atoms with Gasteiger partial charge >= 0.3 is 0 Å². The van der Waals surface area contributed by atoms with E-state index in [-0.39, 0.29) is 10.6 Å². The molecule has 0 amide bonds. The lowest BCUT2D eigenvalue weighted by molar-refractivity contribution is 1.02. The van der Waals surface area contributed by atoms with Gasteiger partial charge in [-0.2, -0.15) is 15.0 Å². The summed E-state index contributed by atoms with van der Waals surface area (Å²) in [4.78, 5) is 11.7. The molecule has 0 unspecified atom stereocenters. The van der Waals surface area contributed by atoms with Crippen molar-refractivity contribution >= 4 is 28.8 Å². The van der Waals surface area contributed by atoms with Crippen LogP contribution in [0.15, 0.2) is 42.5 Å². The van der Waals surface area contributed by atoms with Gasteiger partial charge in [-0.25, -0.2) is 0 Å². The molecule has 0 saturated carbocycles. The summed E-state index contributed by atoms with van der Waals surface area (Å²) in [5.74, 6) is 0.459. The second-order valence-electron chi connectivity index (χ2n) is 2.95. The predicted molar refractivity (Wildman–Crippen MR) is 65.2 cm³/mol. The Labute approximate surface area is 103 Å². The molecule has 1 aromatic rings. The molecule has 1 aromatic heterocycles. The van der Waals surface area contributed by atoms with Crippen molar-refractivity contribution in [3.63, 3.8) is 0 Å². The highest BCUT2D eigenvalue weighted by atomic mass is 35.5. The Morgan fingerprint density at radius 2 is 1.38 bits per heavy atom. The van der Waals surface area contributed by atoms with E-state index < -0.39 is 0 Å². The Bertz CT molecular complexity index is 496. The molecule has 1 heterocycles. The third-order valence-corrected chi connectivity index (χ3v) is 2.17. The normalized spacial score (nSPS) is 14.5. The second kappa shape index (κ2) is 5.05. The summed E-state index contributed by atoms with van der Waals surface area (Å²) >= 11 is 11.4. The molecule has 5 heteroatoms. The van der Waals surface area contributed by atoms with Gasteiger partial charge in [0, 0.05) is 5.57 Å². The molecule has 1 aliphatic carbocycles. The Kier molecular flexibility index (Phi) is 3.49. The number of allylic oxidation sites excluding steroid dienone is 8. The van der Waals surface area contributed by atoms with Gasteiger partial charge in [-0.1, -0.05) is 42.5 Å². The van der Waals surface area contributed by atoms with Crippen LogP contribution in [-0.4, -0.2) is 15.0 Å². The smallest absolute Gasteiger partial charge is 0.198 e. The summed E-state index contributed by atoms with van der Waals surface area (Å²) in [6.45, 7) is 0. The maximum Gasteiger partial charge on any atom is 0.227 e. The molecule has 0 saturated heterocycles. The van der Waals surface area contributed by atoms with Crippen molar-refractivity contribution in [2.75, 3.05) is 0 Å². The van der Waals surface area contributed by atoms with Gasteiger partial charge in [0.1, 0.15) is 0 Å². The lowest BCUT2D eigenvalue weighted by Gasteiger charge is -2.01. The lowest BCUT2D eigenvalue weighted by atomic mass is 10.2. The minimum atomic E-state index is 0.0888. The van der Waals surface area contributed by atoms with Crippen molar-refractivity contribution in [2.24, 2.45) is 0 Å². The van der Waals surface area contributed by atoms with Crippen LogP contribution in [0.3, 0.4) is 0 Å². The fourth-order valence-corrected chi connectivity index (χ4v) is 1.53. The molecule has 0 atom stereocenters. The van der Waals surface area contributed by atoms with Gasteiger partial charge in [0.05, 0.1) is 0 Å². The minimum absolute atomic E-state index is 0.0888. The zero-order chi connectivity index (χ0) is 11.4. The maximum atomic E-state index is 5.71. The molecule has 1 aliphatic rings. The standard InChI is InChI=1S/C11H7Cl2N3/c12-10-14-9(15-11(13)16-10)8-6-4-2-1-3-5-7-8/h1-7H. The Morgan fingerprint density at radius 1 is 0.750 bits per heavy atom. The summed E-state index contributed by atoms with van der Waals surface area (Å²) in [7, 11) is 0. The van der Waals surface area contributed by atoms with Crippen molar-refractivity contribution in [1.82, 2.24) is 15.0 Å². The monoisotopic (exact) mass is 251 g/mol. The molecule has 0 radical (unpaired) electrons. The van der Waals surface area contributed by atoms with Gasteiger partial charge in [-0.3, -0.25) is 0 Å². The maximum absolute atomic E-state index is 5.71. The Balaban J connectivity index is 2.43. The third kappa shape index (κ3) is 2.78. The second-order valence-corrected chi connectivity index (χ2v) is 3.62. The van der Waals surface area contributed by atoms with Gasteiger partial charge in [-0.05, 0) is 23.2 Å². The molecule has 0 spiro atoms. The number of aromatic nitrogens is 3. The molecule has 0 fully saturated rings. The van der Waals surface area contributed by atoms with Crippen LogP contribution >= 0.6 is 23.2 Å². The summed E-state index contributed by atoms with van der Waals surface area (Å²) in [6.07, 6.45) is 13.3. The zero-order valence-corrected chi connectivity index (χ0v) is 9.65. The lowest BCUT2D eigenvalue weighted by Crippen LogP contribution is -1.96. The van der Waals surface area contributed by atoms with E-state index in [1.807, 2.05) is 42.5 Å². The Hall–Kier alpha value is -1.45. The van der Waals surface area contributed by atoms with Gasteiger partial charge in [0.2, 0.25) is 10.6 Å². The molecule has 0 aromatic carbocycles. The largest absolute Gasteiger partial charge is 0.227 e. The Morgan fingerprint density at radius 3 is 2.12 bits per heavy atom. The van der Waals surface area contributed by atoms with Crippen LogP contribution in [0.2, 0.25) is 10.6 Å². The topological polar surface area (TPSA) is 38.7 Å². The fraction of sp³-hybridized carbons (Fsp3) is 0. The van der Waals surface area contributed by atoms with E-state index in [9.17, 15) is 0 Å². The van der Waals surface area contributed by atoms with Gasteiger partial charge in [-0.15, -0.1) is 0 Å². The van der Waals surface area contributed by atoms with E-state index >= 15 is 0 Å². The van der Waals surface area contributed by atoms with E-state index in [0.29, 0.717) is 5.82 Å². The summed E-state index contributed by atoms with van der Waals surface area (Å²) in [6, 6.07) is 0. The summed E-state index contributed by atoms with van der Waals surface area (Å²) < 4.78 is 0. The van der Waals surface area contributed by atoms with Crippen molar-refractivity contribution in [1.29, 1.82) is 0 Å². The predicted octanol–water partition coefficient (Wildman–Crippen LogP) is 3.24. The SMILES string of the molecule is Clc1nc(Cl)nc(C2=CC=CC=CC=C2)n1. The van der Waals surface area contributed by atoms with E-state index in [1.165, 1.54) is 0 Å². The van der Waals surface area contributed by atoms with Crippen LogP contribution in [0.4, 0.5) is 0 Å². The number of hydrogen-bond acceptors (Lipinski definition) is 3. The van der Waals surface area contributed by atoms with Crippen LogP contribution in [0.5, 0.6) is 0 Å². The molecular weight excluding hydrogens is 245 g/mol. The fourth-order valence-electron chi connectivity index (χ4n) is 1.17. The molecule has 80 valence electrons. The first kappa shape index (κ1) is 11.0. The average Bonchev–Trinajstić information content (AvgIpc) is 2.14. The first-order chi connectivity index (χ1) is 7.75. The molecule has 3 nitrogen and oxygen atoms in total. The van der Waals surface area contributed by atoms with Gasteiger partial charge in [0.25, 0.3) is 0 Å².